The van der Waals surface area contributed by atoms with Crippen molar-refractivity contribution in [1.82, 2.24) is 10.0 Å². The summed E-state index contributed by atoms with van der Waals surface area (Å²) in [6.07, 6.45) is 0.584. The van der Waals surface area contributed by atoms with E-state index in [1.165, 1.54) is 0 Å². The van der Waals surface area contributed by atoms with Gasteiger partial charge in [-0.15, -0.1) is 0 Å². The predicted octanol–water partition coefficient (Wildman–Crippen LogP) is 5.71. The molecule has 4 nitrogen and oxygen atoms in total. The maximum Gasteiger partial charge on any atom is 0.340 e. The van der Waals surface area contributed by atoms with Crippen molar-refractivity contribution in [2.75, 3.05) is 18.0 Å². The van der Waals surface area contributed by atoms with E-state index in [2.05, 4.69) is 17.1 Å². The monoisotopic (exact) mass is 397 g/mol. The number of nitrogens with zero attached hydrogens (tertiary/aromatic N) is 3. The quantitative estimate of drug-likeness (QED) is 0.553. The molecule has 1 atom stereocenters. The zero-order valence-corrected chi connectivity index (χ0v) is 16.0. The fraction of sp³-hybridized carbons (Fsp3) is 0.190. The van der Waals surface area contributed by atoms with Crippen molar-refractivity contribution in [3.05, 3.63) is 76.3 Å². The molecule has 2 amide bonds. The molecule has 6 heteroatoms. The molecule has 0 spiro atoms. The molecule has 136 valence electrons. The van der Waals surface area contributed by atoms with E-state index in [1.54, 1.807) is 0 Å². The third-order valence-corrected chi connectivity index (χ3v) is 5.96. The van der Waals surface area contributed by atoms with Gasteiger partial charge in [0, 0.05) is 34.1 Å². The zero-order valence-electron chi connectivity index (χ0n) is 14.5. The van der Waals surface area contributed by atoms with E-state index in [4.69, 9.17) is 23.2 Å². The van der Waals surface area contributed by atoms with E-state index in [0.717, 1.165) is 35.0 Å². The molecule has 0 radical (unpaired) electrons. The van der Waals surface area contributed by atoms with Crippen molar-refractivity contribution in [3.63, 3.8) is 0 Å². The molecular weight excluding hydrogens is 381 g/mol. The second-order valence-corrected chi connectivity index (χ2v) is 7.61. The molecule has 0 saturated carbocycles. The summed E-state index contributed by atoms with van der Waals surface area (Å²) >= 11 is 13.1. The molecule has 3 aromatic carbocycles. The number of urea groups is 1. The number of hydrazine groups is 1. The Morgan fingerprint density at radius 3 is 2.37 bits per heavy atom. The molecule has 3 aromatic rings. The van der Waals surface area contributed by atoms with Gasteiger partial charge in [0.15, 0.2) is 0 Å². The summed E-state index contributed by atoms with van der Waals surface area (Å²) in [7, 11) is 0. The predicted molar refractivity (Wildman–Crippen MR) is 109 cm³/mol. The number of anilines is 1. The minimum atomic E-state index is -0.355. The molecule has 2 aliphatic heterocycles. The lowest BCUT2D eigenvalue weighted by atomic mass is 10.1. The molecule has 2 saturated heterocycles. The number of fused-ring (bicyclic) bond motifs is 2. The number of benzene rings is 3. The van der Waals surface area contributed by atoms with Gasteiger partial charge in [-0.3, -0.25) is 9.91 Å². The van der Waals surface area contributed by atoms with Gasteiger partial charge in [-0.2, -0.15) is 5.01 Å². The summed E-state index contributed by atoms with van der Waals surface area (Å²) in [4.78, 5) is 15.2. The number of carbonyl (C=O) groups excluding carboxylic acids is 1. The third kappa shape index (κ3) is 2.52. The van der Waals surface area contributed by atoms with Crippen molar-refractivity contribution in [3.8, 4) is 0 Å². The molecule has 2 heterocycles. The number of hydrogen-bond donors (Lipinski definition) is 0. The fourth-order valence-corrected chi connectivity index (χ4v) is 4.74. The van der Waals surface area contributed by atoms with Crippen LogP contribution in [0.2, 0.25) is 10.0 Å². The first-order valence-corrected chi connectivity index (χ1v) is 9.71. The Kier molecular flexibility index (Phi) is 4.01. The van der Waals surface area contributed by atoms with E-state index >= 15 is 0 Å². The highest BCUT2D eigenvalue weighted by Gasteiger charge is 2.49. The van der Waals surface area contributed by atoms with Gasteiger partial charge in [-0.1, -0.05) is 65.7 Å². The number of halogens is 2. The topological polar surface area (TPSA) is 26.8 Å². The second kappa shape index (κ2) is 6.41. The van der Waals surface area contributed by atoms with Crippen LogP contribution in [0.5, 0.6) is 0 Å². The van der Waals surface area contributed by atoms with Crippen LogP contribution in [0, 0.1) is 0 Å². The van der Waals surface area contributed by atoms with E-state index in [9.17, 15) is 4.79 Å². The average Bonchev–Trinajstić information content (AvgIpc) is 3.25. The standard InChI is InChI=1S/C21H17Cl2N3O/c22-16-9-4-10-17(23)19(16)20-24-12-5-13-25(24)21(27)26(20)18-11-3-7-14-6-1-2-8-15(14)18/h1-4,6-11,20H,5,12-13H2/t20-/m0/s1. The Balaban J connectivity index is 1.75. The highest BCUT2D eigenvalue weighted by molar-refractivity contribution is 6.36. The SMILES string of the molecule is O=C1N(c2cccc3ccccc23)[C@@H](c2c(Cl)cccc2Cl)N2CCCN12. The number of amides is 2. The van der Waals surface area contributed by atoms with Crippen molar-refractivity contribution in [2.45, 2.75) is 12.6 Å². The lowest BCUT2D eigenvalue weighted by Gasteiger charge is -2.30. The Morgan fingerprint density at radius 1 is 0.852 bits per heavy atom. The van der Waals surface area contributed by atoms with Crippen molar-refractivity contribution in [1.29, 1.82) is 0 Å². The van der Waals surface area contributed by atoms with Crippen LogP contribution in [-0.2, 0) is 0 Å². The number of hydrogen-bond acceptors (Lipinski definition) is 2. The van der Waals surface area contributed by atoms with Gasteiger partial charge < -0.3 is 0 Å². The largest absolute Gasteiger partial charge is 0.340 e. The Morgan fingerprint density at radius 2 is 1.56 bits per heavy atom. The summed E-state index contributed by atoms with van der Waals surface area (Å²) in [5, 5.41) is 7.15. The summed E-state index contributed by atoms with van der Waals surface area (Å²) in [6.45, 7) is 1.50. The van der Waals surface area contributed by atoms with Crippen LogP contribution in [0.4, 0.5) is 10.5 Å². The minimum Gasteiger partial charge on any atom is -0.270 e. The maximum absolute atomic E-state index is 13.4. The van der Waals surface area contributed by atoms with Gasteiger partial charge in [0.2, 0.25) is 0 Å². The molecule has 0 unspecified atom stereocenters. The molecule has 0 N–H and O–H groups in total. The van der Waals surface area contributed by atoms with Crippen LogP contribution in [0.15, 0.2) is 60.7 Å². The van der Waals surface area contributed by atoms with Gasteiger partial charge in [0.05, 0.1) is 5.69 Å². The summed E-state index contributed by atoms with van der Waals surface area (Å²) in [5.74, 6) is 0. The van der Waals surface area contributed by atoms with Gasteiger partial charge in [0.25, 0.3) is 0 Å². The van der Waals surface area contributed by atoms with Crippen molar-refractivity contribution < 1.29 is 4.79 Å². The van der Waals surface area contributed by atoms with Crippen molar-refractivity contribution in [2.24, 2.45) is 0 Å². The molecule has 2 fully saturated rings. The molecule has 0 aliphatic carbocycles. The lowest BCUT2D eigenvalue weighted by molar-refractivity contribution is 0.0728. The molecule has 5 rings (SSSR count). The van der Waals surface area contributed by atoms with Crippen LogP contribution in [0.3, 0.4) is 0 Å². The van der Waals surface area contributed by atoms with Gasteiger partial charge in [-0.25, -0.2) is 4.79 Å². The first-order valence-electron chi connectivity index (χ1n) is 8.96. The average molecular weight is 398 g/mol. The zero-order chi connectivity index (χ0) is 18.5. The molecule has 2 aliphatic rings. The summed E-state index contributed by atoms with van der Waals surface area (Å²) in [5.41, 5.74) is 1.64. The fourth-order valence-electron chi connectivity index (χ4n) is 4.14. The number of rotatable bonds is 2. The molecule has 0 bridgehead atoms. The van der Waals surface area contributed by atoms with E-state index in [0.29, 0.717) is 16.6 Å². The first kappa shape index (κ1) is 16.9. The van der Waals surface area contributed by atoms with E-state index < -0.39 is 0 Å². The molecule has 0 aromatic heterocycles. The highest BCUT2D eigenvalue weighted by Crippen LogP contribution is 2.46. The summed E-state index contributed by atoms with van der Waals surface area (Å²) < 4.78 is 0. The molecular formula is C21H17Cl2N3O. The smallest absolute Gasteiger partial charge is 0.270 e. The maximum atomic E-state index is 13.4. The second-order valence-electron chi connectivity index (χ2n) is 6.80. The highest BCUT2D eigenvalue weighted by atomic mass is 35.5. The lowest BCUT2D eigenvalue weighted by Crippen LogP contribution is -2.32. The van der Waals surface area contributed by atoms with Crippen LogP contribution >= 0.6 is 23.2 Å². The van der Waals surface area contributed by atoms with Crippen LogP contribution in [-0.4, -0.2) is 29.1 Å². The molecule has 27 heavy (non-hydrogen) atoms. The Hall–Kier alpha value is -2.27. The van der Waals surface area contributed by atoms with E-state index in [-0.39, 0.29) is 12.2 Å². The third-order valence-electron chi connectivity index (χ3n) is 5.31. The Labute approximate surface area is 167 Å². The van der Waals surface area contributed by atoms with Crippen molar-refractivity contribution >= 4 is 45.7 Å². The Bertz CT molecular complexity index is 1030. The number of carbonyl (C=O) groups is 1. The summed E-state index contributed by atoms with van der Waals surface area (Å²) in [6, 6.07) is 19.6. The van der Waals surface area contributed by atoms with Gasteiger partial charge in [-0.05, 0) is 30.0 Å². The van der Waals surface area contributed by atoms with Crippen LogP contribution < -0.4 is 4.90 Å². The van der Waals surface area contributed by atoms with Crippen LogP contribution in [0.25, 0.3) is 10.8 Å². The normalized spacial score (nSPS) is 19.9. The first-order chi connectivity index (χ1) is 13.2. The minimum absolute atomic E-state index is 0.0372. The van der Waals surface area contributed by atoms with E-state index in [1.807, 2.05) is 58.4 Å². The van der Waals surface area contributed by atoms with Crippen LogP contribution in [0.1, 0.15) is 18.2 Å². The van der Waals surface area contributed by atoms with Gasteiger partial charge >= 0.3 is 6.03 Å². The van der Waals surface area contributed by atoms with Gasteiger partial charge in [0.1, 0.15) is 6.17 Å².